The fraction of sp³-hybridized carbons (Fsp3) is 0.556. The number of phenolic OH excluding ortho intramolecular Hbond substituents is 1. The number of hydrogen-bond donors (Lipinski definition) is 2. The van der Waals surface area contributed by atoms with Crippen molar-refractivity contribution in [1.82, 2.24) is 5.32 Å². The van der Waals surface area contributed by atoms with Crippen molar-refractivity contribution in [2.45, 2.75) is 57.8 Å². The van der Waals surface area contributed by atoms with Crippen LogP contribution in [0.25, 0.3) is 0 Å². The van der Waals surface area contributed by atoms with Gasteiger partial charge in [-0.2, -0.15) is 0 Å². The summed E-state index contributed by atoms with van der Waals surface area (Å²) in [6, 6.07) is 6.58. The summed E-state index contributed by atoms with van der Waals surface area (Å²) in [7, 11) is 0. The predicted octanol–water partition coefficient (Wildman–Crippen LogP) is 3.83. The molecule has 0 aromatic heterocycles. The topological polar surface area (TPSA) is 66.4 Å². The molecule has 4 heteroatoms. The molecular formula is C18H27NO3. The molecule has 1 aromatic carbocycles. The lowest BCUT2D eigenvalue weighted by atomic mass is 10.1. The molecule has 0 heterocycles. The molecule has 0 aliphatic rings. The van der Waals surface area contributed by atoms with E-state index in [4.69, 9.17) is 0 Å². The van der Waals surface area contributed by atoms with Crippen LogP contribution in [0.5, 0.6) is 5.75 Å². The minimum absolute atomic E-state index is 0.0228. The van der Waals surface area contributed by atoms with Crippen molar-refractivity contribution in [3.8, 4) is 5.75 Å². The van der Waals surface area contributed by atoms with E-state index in [1.54, 1.807) is 18.2 Å². The van der Waals surface area contributed by atoms with Gasteiger partial charge in [0.15, 0.2) is 0 Å². The lowest BCUT2D eigenvalue weighted by molar-refractivity contribution is -0.107. The second-order valence-corrected chi connectivity index (χ2v) is 5.56. The number of phenols is 1. The minimum Gasteiger partial charge on any atom is -0.507 e. The van der Waals surface area contributed by atoms with Crippen molar-refractivity contribution < 1.29 is 14.7 Å². The van der Waals surface area contributed by atoms with E-state index in [1.807, 2.05) is 0 Å². The molecule has 0 aliphatic carbocycles. The highest BCUT2D eigenvalue weighted by Crippen LogP contribution is 2.15. The van der Waals surface area contributed by atoms with Crippen LogP contribution in [0.4, 0.5) is 0 Å². The average Bonchev–Trinajstić information content (AvgIpc) is 2.53. The molecule has 1 rings (SSSR count). The van der Waals surface area contributed by atoms with Gasteiger partial charge in [0.25, 0.3) is 5.91 Å². The normalized spacial score (nSPS) is 10.4. The number of carbonyl (C=O) groups excluding carboxylic acids is 2. The molecule has 1 aromatic rings. The summed E-state index contributed by atoms with van der Waals surface area (Å²) < 4.78 is 0. The van der Waals surface area contributed by atoms with Crippen LogP contribution in [0, 0.1) is 0 Å². The third-order valence-corrected chi connectivity index (χ3v) is 3.68. The van der Waals surface area contributed by atoms with Gasteiger partial charge in [-0.25, -0.2) is 0 Å². The molecule has 2 N–H and O–H groups in total. The van der Waals surface area contributed by atoms with Crippen molar-refractivity contribution in [3.05, 3.63) is 29.8 Å². The van der Waals surface area contributed by atoms with Gasteiger partial charge in [-0.15, -0.1) is 0 Å². The van der Waals surface area contributed by atoms with E-state index >= 15 is 0 Å². The molecule has 4 nitrogen and oxygen atoms in total. The van der Waals surface area contributed by atoms with Crippen LogP contribution in [-0.4, -0.2) is 23.8 Å². The number of hydrogen-bond acceptors (Lipinski definition) is 3. The number of carbonyl (C=O) groups is 2. The van der Waals surface area contributed by atoms with E-state index in [0.717, 1.165) is 32.0 Å². The summed E-state index contributed by atoms with van der Waals surface area (Å²) >= 11 is 0. The molecule has 0 spiro atoms. The van der Waals surface area contributed by atoms with Gasteiger partial charge in [-0.05, 0) is 25.0 Å². The fourth-order valence-electron chi connectivity index (χ4n) is 2.38. The van der Waals surface area contributed by atoms with Crippen molar-refractivity contribution >= 4 is 12.2 Å². The molecule has 0 radical (unpaired) electrons. The van der Waals surface area contributed by atoms with Gasteiger partial charge < -0.3 is 15.2 Å². The Bertz CT molecular complexity index is 446. The quantitative estimate of drug-likeness (QED) is 0.455. The monoisotopic (exact) mass is 305 g/mol. The highest BCUT2D eigenvalue weighted by atomic mass is 16.3. The molecule has 1 amide bonds. The molecule has 0 saturated carbocycles. The number of benzene rings is 1. The zero-order valence-corrected chi connectivity index (χ0v) is 13.2. The van der Waals surface area contributed by atoms with Crippen molar-refractivity contribution in [2.24, 2.45) is 0 Å². The Balaban J connectivity index is 1.96. The fourth-order valence-corrected chi connectivity index (χ4v) is 2.38. The number of rotatable bonds is 12. The number of aldehydes is 1. The zero-order chi connectivity index (χ0) is 16.0. The Morgan fingerprint density at radius 1 is 0.955 bits per heavy atom. The standard InChI is InChI=1S/C18H27NO3/c20-15-11-7-5-3-1-2-4-6-10-14-19-18(22)16-12-8-9-13-17(16)21/h8-9,12-13,15,21H,1-7,10-11,14H2,(H,19,22). The Hall–Kier alpha value is -1.84. The van der Waals surface area contributed by atoms with Gasteiger partial charge in [0.2, 0.25) is 0 Å². The van der Waals surface area contributed by atoms with E-state index in [0.29, 0.717) is 18.5 Å². The molecular weight excluding hydrogens is 278 g/mol. The molecule has 0 aliphatic heterocycles. The van der Waals surface area contributed by atoms with Crippen molar-refractivity contribution in [2.75, 3.05) is 6.54 Å². The van der Waals surface area contributed by atoms with Crippen molar-refractivity contribution in [3.63, 3.8) is 0 Å². The molecule has 0 atom stereocenters. The lowest BCUT2D eigenvalue weighted by Crippen LogP contribution is -2.24. The number of aromatic hydroxyl groups is 1. The van der Waals surface area contributed by atoms with Gasteiger partial charge >= 0.3 is 0 Å². The maximum atomic E-state index is 11.8. The van der Waals surface area contributed by atoms with Crippen LogP contribution in [0.2, 0.25) is 0 Å². The van der Waals surface area contributed by atoms with E-state index < -0.39 is 0 Å². The second kappa shape index (κ2) is 11.8. The molecule has 0 unspecified atom stereocenters. The maximum Gasteiger partial charge on any atom is 0.255 e. The van der Waals surface area contributed by atoms with E-state index in [1.165, 1.54) is 31.7 Å². The number of amides is 1. The highest BCUT2D eigenvalue weighted by Gasteiger charge is 2.08. The molecule has 22 heavy (non-hydrogen) atoms. The van der Waals surface area contributed by atoms with E-state index in [9.17, 15) is 14.7 Å². The first-order chi connectivity index (χ1) is 10.8. The molecule has 0 bridgehead atoms. The SMILES string of the molecule is O=CCCCCCCCCCCNC(=O)c1ccccc1O. The van der Waals surface area contributed by atoms with Crippen LogP contribution in [0.1, 0.15) is 68.1 Å². The summed E-state index contributed by atoms with van der Waals surface area (Å²) in [5.41, 5.74) is 0.331. The molecule has 0 saturated heterocycles. The average molecular weight is 305 g/mol. The van der Waals surface area contributed by atoms with Gasteiger partial charge in [0, 0.05) is 13.0 Å². The van der Waals surface area contributed by atoms with Gasteiger partial charge in [0.05, 0.1) is 5.56 Å². The Morgan fingerprint density at radius 3 is 2.18 bits per heavy atom. The van der Waals surface area contributed by atoms with Crippen molar-refractivity contribution in [1.29, 1.82) is 0 Å². The van der Waals surface area contributed by atoms with Gasteiger partial charge in [-0.3, -0.25) is 4.79 Å². The smallest absolute Gasteiger partial charge is 0.255 e. The summed E-state index contributed by atoms with van der Waals surface area (Å²) in [5.74, 6) is -0.192. The van der Waals surface area contributed by atoms with Gasteiger partial charge in [-0.1, -0.05) is 50.7 Å². The predicted molar refractivity (Wildman–Crippen MR) is 88.1 cm³/mol. The lowest BCUT2D eigenvalue weighted by Gasteiger charge is -2.06. The zero-order valence-electron chi connectivity index (χ0n) is 13.2. The van der Waals surface area contributed by atoms with Crippen LogP contribution in [0.15, 0.2) is 24.3 Å². The van der Waals surface area contributed by atoms with Crippen LogP contribution in [-0.2, 0) is 4.79 Å². The van der Waals surface area contributed by atoms with E-state index in [2.05, 4.69) is 5.32 Å². The first-order valence-electron chi connectivity index (χ1n) is 8.25. The highest BCUT2D eigenvalue weighted by molar-refractivity contribution is 5.96. The maximum absolute atomic E-state index is 11.8. The summed E-state index contributed by atoms with van der Waals surface area (Å²) in [4.78, 5) is 22.0. The number of para-hydroxylation sites is 1. The summed E-state index contributed by atoms with van der Waals surface area (Å²) in [5, 5.41) is 12.4. The van der Waals surface area contributed by atoms with Crippen LogP contribution >= 0.6 is 0 Å². The largest absolute Gasteiger partial charge is 0.507 e. The number of unbranched alkanes of at least 4 members (excludes halogenated alkanes) is 8. The first-order valence-corrected chi connectivity index (χ1v) is 8.25. The third-order valence-electron chi connectivity index (χ3n) is 3.68. The molecule has 0 fully saturated rings. The van der Waals surface area contributed by atoms with Crippen LogP contribution in [0.3, 0.4) is 0 Å². The Kier molecular flexibility index (Phi) is 9.75. The second-order valence-electron chi connectivity index (χ2n) is 5.56. The third kappa shape index (κ3) is 7.81. The Labute approximate surface area is 132 Å². The number of nitrogens with one attached hydrogen (secondary N) is 1. The first kappa shape index (κ1) is 18.2. The molecule has 122 valence electrons. The Morgan fingerprint density at radius 2 is 1.55 bits per heavy atom. The minimum atomic E-state index is -0.215. The van der Waals surface area contributed by atoms with Gasteiger partial charge in [0.1, 0.15) is 12.0 Å². The summed E-state index contributed by atoms with van der Waals surface area (Å²) in [6.07, 6.45) is 10.7. The van der Waals surface area contributed by atoms with E-state index in [-0.39, 0.29) is 11.7 Å². The summed E-state index contributed by atoms with van der Waals surface area (Å²) in [6.45, 7) is 0.645. The van der Waals surface area contributed by atoms with Crippen LogP contribution < -0.4 is 5.32 Å².